The van der Waals surface area contributed by atoms with E-state index in [0.29, 0.717) is 30.3 Å². The van der Waals surface area contributed by atoms with Gasteiger partial charge in [-0.3, -0.25) is 9.59 Å². The van der Waals surface area contributed by atoms with E-state index in [1.165, 1.54) is 11.3 Å². The van der Waals surface area contributed by atoms with Gasteiger partial charge in [-0.2, -0.15) is 0 Å². The molecule has 0 atom stereocenters. The lowest BCUT2D eigenvalue weighted by Gasteiger charge is -2.21. The molecule has 1 aromatic carbocycles. The maximum atomic E-state index is 12.4. The third-order valence-electron chi connectivity index (χ3n) is 3.91. The van der Waals surface area contributed by atoms with Crippen molar-refractivity contribution in [2.45, 2.75) is 19.9 Å². The molecular formula is C18H20N2O4S. The molecule has 1 N–H and O–H groups in total. The number of amides is 2. The van der Waals surface area contributed by atoms with Gasteiger partial charge in [0.25, 0.3) is 5.91 Å². The number of carbonyl (C=O) groups excluding carboxylic acids is 2. The lowest BCUT2D eigenvalue weighted by Crippen LogP contribution is -2.34. The van der Waals surface area contributed by atoms with Gasteiger partial charge in [-0.15, -0.1) is 11.3 Å². The van der Waals surface area contributed by atoms with Crippen molar-refractivity contribution < 1.29 is 19.1 Å². The Morgan fingerprint density at radius 3 is 2.84 bits per heavy atom. The van der Waals surface area contributed by atoms with E-state index in [-0.39, 0.29) is 25.0 Å². The molecule has 25 heavy (non-hydrogen) atoms. The summed E-state index contributed by atoms with van der Waals surface area (Å²) >= 11 is 1.38. The van der Waals surface area contributed by atoms with Crippen LogP contribution in [-0.4, -0.2) is 36.6 Å². The molecular weight excluding hydrogens is 340 g/mol. The second kappa shape index (κ2) is 8.02. The molecule has 6 nitrogen and oxygen atoms in total. The molecule has 0 spiro atoms. The van der Waals surface area contributed by atoms with Gasteiger partial charge in [0.15, 0.2) is 11.5 Å². The Hall–Kier alpha value is -2.54. The van der Waals surface area contributed by atoms with Gasteiger partial charge in [0.1, 0.15) is 0 Å². The summed E-state index contributed by atoms with van der Waals surface area (Å²) in [6.45, 7) is 3.61. The van der Waals surface area contributed by atoms with Crippen LogP contribution < -0.4 is 14.8 Å². The van der Waals surface area contributed by atoms with Crippen LogP contribution in [0.1, 0.15) is 28.6 Å². The van der Waals surface area contributed by atoms with E-state index in [2.05, 4.69) is 5.32 Å². The Morgan fingerprint density at radius 2 is 2.08 bits per heavy atom. The molecule has 2 amide bonds. The summed E-state index contributed by atoms with van der Waals surface area (Å²) in [5.41, 5.74) is 0.988. The SMILES string of the molecule is CCN(Cc1ccc2c(c1)OCO2)C(=O)CCNC(=O)c1cccs1. The Morgan fingerprint density at radius 1 is 1.24 bits per heavy atom. The molecule has 1 aliphatic rings. The molecule has 0 unspecified atom stereocenters. The largest absolute Gasteiger partial charge is 0.454 e. The summed E-state index contributed by atoms with van der Waals surface area (Å²) in [7, 11) is 0. The molecule has 3 rings (SSSR count). The number of nitrogens with one attached hydrogen (secondary N) is 1. The third kappa shape index (κ3) is 4.30. The molecule has 0 saturated carbocycles. The molecule has 0 bridgehead atoms. The quantitative estimate of drug-likeness (QED) is 0.824. The van der Waals surface area contributed by atoms with E-state index in [0.717, 1.165) is 11.3 Å². The molecule has 2 aromatic rings. The molecule has 2 heterocycles. The molecule has 0 radical (unpaired) electrons. The fourth-order valence-electron chi connectivity index (χ4n) is 2.57. The zero-order valence-electron chi connectivity index (χ0n) is 14.0. The second-order valence-corrected chi connectivity index (χ2v) is 6.53. The van der Waals surface area contributed by atoms with Crippen molar-refractivity contribution in [2.75, 3.05) is 19.9 Å². The Kier molecular flexibility index (Phi) is 5.55. The van der Waals surface area contributed by atoms with Crippen molar-refractivity contribution in [1.82, 2.24) is 10.2 Å². The van der Waals surface area contributed by atoms with Crippen molar-refractivity contribution >= 4 is 23.2 Å². The zero-order chi connectivity index (χ0) is 17.6. The summed E-state index contributed by atoms with van der Waals surface area (Å²) in [6.07, 6.45) is 0.273. The van der Waals surface area contributed by atoms with E-state index in [9.17, 15) is 9.59 Å². The van der Waals surface area contributed by atoms with Gasteiger partial charge in [0.05, 0.1) is 4.88 Å². The van der Waals surface area contributed by atoms with Crippen molar-refractivity contribution in [3.8, 4) is 11.5 Å². The summed E-state index contributed by atoms with van der Waals surface area (Å²) in [5, 5.41) is 4.63. The number of fused-ring (bicyclic) bond motifs is 1. The lowest BCUT2D eigenvalue weighted by molar-refractivity contribution is -0.131. The summed E-state index contributed by atoms with van der Waals surface area (Å²) < 4.78 is 10.7. The van der Waals surface area contributed by atoms with E-state index >= 15 is 0 Å². The highest BCUT2D eigenvalue weighted by atomic mass is 32.1. The van der Waals surface area contributed by atoms with Crippen LogP contribution in [0.15, 0.2) is 35.7 Å². The van der Waals surface area contributed by atoms with Gasteiger partial charge in [0, 0.05) is 26.1 Å². The Bertz CT molecular complexity index is 746. The van der Waals surface area contributed by atoms with Gasteiger partial charge < -0.3 is 19.7 Å². The van der Waals surface area contributed by atoms with Crippen LogP contribution in [0.25, 0.3) is 0 Å². The average Bonchev–Trinajstić information content (AvgIpc) is 3.30. The zero-order valence-corrected chi connectivity index (χ0v) is 14.8. The number of hydrogen-bond donors (Lipinski definition) is 1. The van der Waals surface area contributed by atoms with Gasteiger partial charge in [-0.25, -0.2) is 0 Å². The van der Waals surface area contributed by atoms with E-state index in [1.807, 2.05) is 36.6 Å². The molecule has 7 heteroatoms. The smallest absolute Gasteiger partial charge is 0.261 e. The van der Waals surface area contributed by atoms with Crippen molar-refractivity contribution in [2.24, 2.45) is 0 Å². The van der Waals surface area contributed by atoms with E-state index < -0.39 is 0 Å². The van der Waals surface area contributed by atoms with Crippen LogP contribution in [0.3, 0.4) is 0 Å². The predicted molar refractivity (Wildman–Crippen MR) is 94.9 cm³/mol. The first-order valence-electron chi connectivity index (χ1n) is 8.15. The van der Waals surface area contributed by atoms with Gasteiger partial charge in [-0.1, -0.05) is 12.1 Å². The van der Waals surface area contributed by atoms with Crippen LogP contribution in [0, 0.1) is 0 Å². The first-order chi connectivity index (χ1) is 12.2. The molecule has 0 aliphatic carbocycles. The summed E-state index contributed by atoms with van der Waals surface area (Å²) in [6, 6.07) is 9.28. The summed E-state index contributed by atoms with van der Waals surface area (Å²) in [4.78, 5) is 26.7. The Labute approximate surface area is 150 Å². The number of benzene rings is 1. The number of carbonyl (C=O) groups is 2. The molecule has 0 saturated heterocycles. The molecule has 132 valence electrons. The fourth-order valence-corrected chi connectivity index (χ4v) is 3.21. The van der Waals surface area contributed by atoms with Gasteiger partial charge >= 0.3 is 0 Å². The van der Waals surface area contributed by atoms with E-state index in [4.69, 9.17) is 9.47 Å². The van der Waals surface area contributed by atoms with Crippen LogP contribution in [0.2, 0.25) is 0 Å². The van der Waals surface area contributed by atoms with Crippen LogP contribution in [0.5, 0.6) is 11.5 Å². The molecule has 1 aromatic heterocycles. The van der Waals surface area contributed by atoms with E-state index in [1.54, 1.807) is 11.0 Å². The van der Waals surface area contributed by atoms with Crippen molar-refractivity contribution in [3.63, 3.8) is 0 Å². The number of rotatable bonds is 7. The number of hydrogen-bond acceptors (Lipinski definition) is 5. The van der Waals surface area contributed by atoms with Gasteiger partial charge in [0.2, 0.25) is 12.7 Å². The van der Waals surface area contributed by atoms with Crippen molar-refractivity contribution in [1.29, 1.82) is 0 Å². The minimum Gasteiger partial charge on any atom is -0.454 e. The highest BCUT2D eigenvalue weighted by Crippen LogP contribution is 2.32. The molecule has 1 aliphatic heterocycles. The highest BCUT2D eigenvalue weighted by molar-refractivity contribution is 7.12. The minimum absolute atomic E-state index is 0.00615. The summed E-state index contributed by atoms with van der Waals surface area (Å²) in [5.74, 6) is 1.31. The lowest BCUT2D eigenvalue weighted by atomic mass is 10.2. The van der Waals surface area contributed by atoms with Crippen LogP contribution in [-0.2, 0) is 11.3 Å². The average molecular weight is 360 g/mol. The number of nitrogens with zero attached hydrogens (tertiary/aromatic N) is 1. The maximum absolute atomic E-state index is 12.4. The monoisotopic (exact) mass is 360 g/mol. The maximum Gasteiger partial charge on any atom is 0.261 e. The van der Waals surface area contributed by atoms with Crippen LogP contribution in [0.4, 0.5) is 0 Å². The topological polar surface area (TPSA) is 67.9 Å². The predicted octanol–water partition coefficient (Wildman–Crippen LogP) is 2.65. The van der Waals surface area contributed by atoms with Gasteiger partial charge in [-0.05, 0) is 36.1 Å². The highest BCUT2D eigenvalue weighted by Gasteiger charge is 2.17. The van der Waals surface area contributed by atoms with Crippen molar-refractivity contribution in [3.05, 3.63) is 46.2 Å². The first-order valence-corrected chi connectivity index (χ1v) is 9.03. The Balaban J connectivity index is 1.50. The first kappa shape index (κ1) is 17.3. The number of thiophene rings is 1. The fraction of sp³-hybridized carbons (Fsp3) is 0.333. The number of ether oxygens (including phenoxy) is 2. The minimum atomic E-state index is -0.137. The molecule has 0 fully saturated rings. The van der Waals surface area contributed by atoms with Crippen LogP contribution >= 0.6 is 11.3 Å². The second-order valence-electron chi connectivity index (χ2n) is 5.58. The third-order valence-corrected chi connectivity index (χ3v) is 4.78. The normalized spacial score (nSPS) is 12.0. The standard InChI is InChI=1S/C18H20N2O4S/c1-2-20(11-13-5-6-14-15(10-13)24-12-23-14)17(21)7-8-19-18(22)16-4-3-9-25-16/h3-6,9-10H,2,7-8,11-12H2,1H3,(H,19,22).